The Morgan fingerprint density at radius 1 is 1.00 bits per heavy atom. The molecule has 142 valence electrons. The van der Waals surface area contributed by atoms with Gasteiger partial charge < -0.3 is 14.8 Å². The van der Waals surface area contributed by atoms with E-state index in [9.17, 15) is 9.59 Å². The van der Waals surface area contributed by atoms with Gasteiger partial charge in [-0.15, -0.1) is 10.2 Å². The number of carbonyl (C=O) groups excluding carboxylic acids is 2. The topological polar surface area (TPSA) is 80.1 Å². The van der Waals surface area contributed by atoms with Gasteiger partial charge in [-0.05, 0) is 41.8 Å². The number of hydrogen-bond donors (Lipinski definition) is 1. The number of carbonyl (C=O) groups is 2. The van der Waals surface area contributed by atoms with E-state index >= 15 is 0 Å². The SMILES string of the molecule is O=C(Nc1cccc(Cn2cnnc2)c1)c1cccc(CN2CCCC2=O)c1. The maximum Gasteiger partial charge on any atom is 0.255 e. The highest BCUT2D eigenvalue weighted by Crippen LogP contribution is 2.17. The van der Waals surface area contributed by atoms with Gasteiger partial charge in [0.1, 0.15) is 12.7 Å². The molecule has 28 heavy (non-hydrogen) atoms. The summed E-state index contributed by atoms with van der Waals surface area (Å²) in [6.45, 7) is 1.97. The summed E-state index contributed by atoms with van der Waals surface area (Å²) in [5.74, 6) is 0.0100. The number of likely N-dealkylation sites (tertiary alicyclic amines) is 1. The molecule has 0 unspecified atom stereocenters. The van der Waals surface area contributed by atoms with Gasteiger partial charge in [-0.3, -0.25) is 9.59 Å². The average Bonchev–Trinajstić information content (AvgIpc) is 3.34. The van der Waals surface area contributed by atoms with Crippen LogP contribution >= 0.6 is 0 Å². The zero-order chi connectivity index (χ0) is 19.3. The zero-order valence-electron chi connectivity index (χ0n) is 15.4. The Bertz CT molecular complexity index is 984. The van der Waals surface area contributed by atoms with Crippen molar-refractivity contribution in [2.24, 2.45) is 0 Å². The van der Waals surface area contributed by atoms with Gasteiger partial charge in [-0.25, -0.2) is 0 Å². The van der Waals surface area contributed by atoms with Crippen molar-refractivity contribution in [3.05, 3.63) is 77.9 Å². The van der Waals surface area contributed by atoms with Crippen LogP contribution in [0.5, 0.6) is 0 Å². The third kappa shape index (κ3) is 4.25. The smallest absolute Gasteiger partial charge is 0.255 e. The van der Waals surface area contributed by atoms with Gasteiger partial charge in [0, 0.05) is 30.8 Å². The molecule has 1 fully saturated rings. The molecule has 1 aliphatic rings. The van der Waals surface area contributed by atoms with Crippen LogP contribution in [0.15, 0.2) is 61.2 Å². The lowest BCUT2D eigenvalue weighted by atomic mass is 10.1. The first-order chi connectivity index (χ1) is 13.7. The predicted octanol–water partition coefficient (Wildman–Crippen LogP) is 2.70. The molecule has 1 aliphatic heterocycles. The second-order valence-electron chi connectivity index (χ2n) is 6.91. The minimum Gasteiger partial charge on any atom is -0.338 e. The molecule has 7 heteroatoms. The van der Waals surface area contributed by atoms with Crippen LogP contribution in [0.4, 0.5) is 5.69 Å². The Labute approximate surface area is 163 Å². The van der Waals surface area contributed by atoms with Gasteiger partial charge >= 0.3 is 0 Å². The molecule has 1 aromatic heterocycles. The number of nitrogens with zero attached hydrogens (tertiary/aromatic N) is 4. The van der Waals surface area contributed by atoms with Crippen molar-refractivity contribution in [3.8, 4) is 0 Å². The summed E-state index contributed by atoms with van der Waals surface area (Å²) in [5, 5.41) is 10.5. The van der Waals surface area contributed by atoms with E-state index in [-0.39, 0.29) is 11.8 Å². The standard InChI is InChI=1S/C21H21N5O2/c27-20-8-3-9-26(20)13-16-4-1-6-18(10-16)21(28)24-19-7-2-5-17(11-19)12-25-14-22-23-15-25/h1-2,4-7,10-11,14-15H,3,8-9,12-13H2,(H,24,28). The first kappa shape index (κ1) is 17.9. The zero-order valence-corrected chi connectivity index (χ0v) is 15.4. The number of rotatable bonds is 6. The van der Waals surface area contributed by atoms with Gasteiger partial charge in [-0.1, -0.05) is 24.3 Å². The summed E-state index contributed by atoms with van der Waals surface area (Å²) >= 11 is 0. The summed E-state index contributed by atoms with van der Waals surface area (Å²) in [6, 6.07) is 15.1. The van der Waals surface area contributed by atoms with Crippen molar-refractivity contribution in [1.29, 1.82) is 0 Å². The van der Waals surface area contributed by atoms with Crippen molar-refractivity contribution in [1.82, 2.24) is 19.7 Å². The highest BCUT2D eigenvalue weighted by molar-refractivity contribution is 6.04. The molecule has 3 aromatic rings. The molecule has 0 atom stereocenters. The lowest BCUT2D eigenvalue weighted by molar-refractivity contribution is -0.128. The maximum atomic E-state index is 12.7. The second-order valence-corrected chi connectivity index (χ2v) is 6.91. The first-order valence-corrected chi connectivity index (χ1v) is 9.27. The van der Waals surface area contributed by atoms with Crippen molar-refractivity contribution in [2.75, 3.05) is 11.9 Å². The van der Waals surface area contributed by atoms with Crippen LogP contribution in [0, 0.1) is 0 Å². The average molecular weight is 375 g/mol. The van der Waals surface area contributed by atoms with E-state index in [1.165, 1.54) is 0 Å². The Morgan fingerprint density at radius 3 is 2.50 bits per heavy atom. The van der Waals surface area contributed by atoms with Gasteiger partial charge in [0.05, 0.1) is 6.54 Å². The largest absolute Gasteiger partial charge is 0.338 e. The summed E-state index contributed by atoms with van der Waals surface area (Å²) in [4.78, 5) is 26.3. The van der Waals surface area contributed by atoms with Crippen LogP contribution in [0.25, 0.3) is 0 Å². The summed E-state index contributed by atoms with van der Waals surface area (Å²) in [6.07, 6.45) is 4.83. The normalized spacial score (nSPS) is 13.7. The monoisotopic (exact) mass is 375 g/mol. The van der Waals surface area contributed by atoms with Crippen molar-refractivity contribution in [3.63, 3.8) is 0 Å². The Balaban J connectivity index is 1.43. The Hall–Kier alpha value is -3.48. The Kier molecular flexibility index (Phi) is 5.14. The molecular formula is C21H21N5O2. The maximum absolute atomic E-state index is 12.7. The summed E-state index contributed by atoms with van der Waals surface area (Å²) in [7, 11) is 0. The van der Waals surface area contributed by atoms with E-state index in [4.69, 9.17) is 0 Å². The molecule has 0 aliphatic carbocycles. The number of amides is 2. The number of benzene rings is 2. The van der Waals surface area contributed by atoms with E-state index in [1.54, 1.807) is 18.7 Å². The van der Waals surface area contributed by atoms with E-state index in [1.807, 2.05) is 51.9 Å². The molecule has 4 rings (SSSR count). The predicted molar refractivity (Wildman–Crippen MR) is 105 cm³/mol. The lowest BCUT2D eigenvalue weighted by Crippen LogP contribution is -2.24. The molecule has 2 heterocycles. The van der Waals surface area contributed by atoms with Gasteiger partial charge in [0.25, 0.3) is 5.91 Å². The van der Waals surface area contributed by atoms with Crippen LogP contribution in [0.1, 0.15) is 34.3 Å². The van der Waals surface area contributed by atoms with Crippen molar-refractivity contribution >= 4 is 17.5 Å². The molecule has 0 radical (unpaired) electrons. The minimum absolute atomic E-state index is 0.170. The van der Waals surface area contributed by atoms with Crippen LogP contribution < -0.4 is 5.32 Å². The van der Waals surface area contributed by atoms with E-state index < -0.39 is 0 Å². The van der Waals surface area contributed by atoms with Crippen LogP contribution in [-0.4, -0.2) is 38.0 Å². The third-order valence-corrected chi connectivity index (χ3v) is 4.75. The summed E-state index contributed by atoms with van der Waals surface area (Å²) in [5.41, 5.74) is 3.31. The fourth-order valence-corrected chi connectivity index (χ4v) is 3.37. The first-order valence-electron chi connectivity index (χ1n) is 9.27. The molecule has 7 nitrogen and oxygen atoms in total. The number of hydrogen-bond acceptors (Lipinski definition) is 4. The van der Waals surface area contributed by atoms with E-state index in [0.717, 1.165) is 29.8 Å². The summed E-state index contributed by atoms with van der Waals surface area (Å²) < 4.78 is 1.87. The van der Waals surface area contributed by atoms with Crippen LogP contribution in [0.3, 0.4) is 0 Å². The van der Waals surface area contributed by atoms with Gasteiger partial charge in [-0.2, -0.15) is 0 Å². The molecule has 0 spiro atoms. The number of nitrogens with one attached hydrogen (secondary N) is 1. The van der Waals surface area contributed by atoms with E-state index in [2.05, 4.69) is 15.5 Å². The third-order valence-electron chi connectivity index (χ3n) is 4.75. The molecule has 1 N–H and O–H groups in total. The van der Waals surface area contributed by atoms with Gasteiger partial charge in [0.15, 0.2) is 0 Å². The van der Waals surface area contributed by atoms with Gasteiger partial charge in [0.2, 0.25) is 5.91 Å². The highest BCUT2D eigenvalue weighted by atomic mass is 16.2. The molecule has 2 aromatic carbocycles. The molecule has 0 bridgehead atoms. The highest BCUT2D eigenvalue weighted by Gasteiger charge is 2.20. The molecule has 0 saturated carbocycles. The number of anilines is 1. The Morgan fingerprint density at radius 2 is 1.75 bits per heavy atom. The quantitative estimate of drug-likeness (QED) is 0.718. The molecular weight excluding hydrogens is 354 g/mol. The van der Waals surface area contributed by atoms with Crippen LogP contribution in [-0.2, 0) is 17.9 Å². The van der Waals surface area contributed by atoms with Crippen LogP contribution in [0.2, 0.25) is 0 Å². The molecule has 2 amide bonds. The fourth-order valence-electron chi connectivity index (χ4n) is 3.37. The van der Waals surface area contributed by atoms with E-state index in [0.29, 0.717) is 25.1 Å². The van der Waals surface area contributed by atoms with Crippen molar-refractivity contribution in [2.45, 2.75) is 25.9 Å². The lowest BCUT2D eigenvalue weighted by Gasteiger charge is -2.16. The van der Waals surface area contributed by atoms with Crippen molar-refractivity contribution < 1.29 is 9.59 Å². The second kappa shape index (κ2) is 8.04. The minimum atomic E-state index is -0.170. The molecule has 1 saturated heterocycles. The number of aromatic nitrogens is 3. The fraction of sp³-hybridized carbons (Fsp3) is 0.238.